The minimum atomic E-state index is 1.40. The Bertz CT molecular complexity index is 27.0. The topological polar surface area (TPSA) is 0 Å². The van der Waals surface area contributed by atoms with E-state index in [0.717, 1.165) is 0 Å². The smallest absolute Gasteiger partial charge is 0.0272 e. The third-order valence-electron chi connectivity index (χ3n) is 1.21. The van der Waals surface area contributed by atoms with Gasteiger partial charge in [0.25, 0.3) is 0 Å². The van der Waals surface area contributed by atoms with Gasteiger partial charge in [-0.1, -0.05) is 13.3 Å². The van der Waals surface area contributed by atoms with Crippen LogP contribution in [0.5, 0.6) is 0 Å². The Morgan fingerprint density at radius 2 is 1.80 bits per heavy atom. The summed E-state index contributed by atoms with van der Waals surface area (Å²) in [6.45, 7) is 2.23. The molecule has 0 nitrogen and oxygen atoms in total. The first kappa shape index (κ1) is 3.20. The molecule has 1 saturated carbocycles. The minimum absolute atomic E-state index is 1.40. The van der Waals surface area contributed by atoms with Crippen LogP contribution in [0.4, 0.5) is 0 Å². The maximum atomic E-state index is 2.23. The normalized spacial score (nSPS) is 25.8. The maximum Gasteiger partial charge on any atom is -0.0272 e. The summed E-state index contributed by atoms with van der Waals surface area (Å²) in [5, 5.41) is 0. The van der Waals surface area contributed by atoms with Crippen LogP contribution in [0.15, 0.2) is 0 Å². The summed E-state index contributed by atoms with van der Waals surface area (Å²) in [6, 6.07) is 0. The average molecular weight is 69.1 g/mol. The predicted octanol–water partition coefficient (Wildman–Crippen LogP) is 1.76. The molecule has 0 amide bonds. The fraction of sp³-hybridized carbons (Fsp3) is 0.800. The third-order valence-corrected chi connectivity index (χ3v) is 1.21. The van der Waals surface area contributed by atoms with Crippen LogP contribution in [0.3, 0.4) is 0 Å². The largest absolute Gasteiger partial charge is 0.0591 e. The molecule has 0 heteroatoms. The summed E-state index contributed by atoms with van der Waals surface area (Å²) in [7, 11) is 0. The van der Waals surface area contributed by atoms with Gasteiger partial charge in [-0.05, 0) is 18.8 Å². The summed E-state index contributed by atoms with van der Waals surface area (Å²) >= 11 is 0. The summed E-state index contributed by atoms with van der Waals surface area (Å²) in [5.41, 5.74) is 0. The van der Waals surface area contributed by atoms with Gasteiger partial charge in [-0.15, -0.1) is 0 Å². The molecule has 0 unspecified atom stereocenters. The van der Waals surface area contributed by atoms with Crippen LogP contribution in [0.2, 0.25) is 0 Å². The van der Waals surface area contributed by atoms with E-state index in [1.807, 2.05) is 0 Å². The number of rotatable bonds is 0. The molecule has 0 aliphatic heterocycles. The molecule has 1 aliphatic carbocycles. The maximum absolute atomic E-state index is 2.23. The zero-order chi connectivity index (χ0) is 3.70. The molecular weight excluding hydrogens is 60.1 g/mol. The second-order valence-corrected chi connectivity index (χ2v) is 1.81. The van der Waals surface area contributed by atoms with E-state index in [9.17, 15) is 0 Å². The van der Waals surface area contributed by atoms with Crippen LogP contribution in [-0.4, -0.2) is 0 Å². The Kier molecular flexibility index (Phi) is 0.640. The van der Waals surface area contributed by atoms with E-state index < -0.39 is 0 Å². The van der Waals surface area contributed by atoms with Gasteiger partial charge in [-0.3, -0.25) is 0 Å². The molecule has 0 spiro atoms. The lowest BCUT2D eigenvalue weighted by Gasteiger charge is -2.18. The number of hydrogen-bond donors (Lipinski definition) is 0. The van der Waals surface area contributed by atoms with Gasteiger partial charge in [0.1, 0.15) is 0 Å². The molecular formula is C5H9. The first-order valence-electron chi connectivity index (χ1n) is 2.21. The van der Waals surface area contributed by atoms with Crippen molar-refractivity contribution in [2.24, 2.45) is 0 Å². The van der Waals surface area contributed by atoms with Gasteiger partial charge in [-0.25, -0.2) is 0 Å². The van der Waals surface area contributed by atoms with Crippen molar-refractivity contribution >= 4 is 0 Å². The molecule has 29 valence electrons. The highest BCUT2D eigenvalue weighted by atomic mass is 14.1. The SMILES string of the molecule is C[C]1CCC1. The Labute approximate surface area is 33.2 Å². The molecule has 0 aromatic carbocycles. The van der Waals surface area contributed by atoms with Gasteiger partial charge in [0, 0.05) is 0 Å². The minimum Gasteiger partial charge on any atom is -0.0591 e. The van der Waals surface area contributed by atoms with Crippen LogP contribution in [0.1, 0.15) is 26.2 Å². The lowest BCUT2D eigenvalue weighted by Crippen LogP contribution is -2.01. The van der Waals surface area contributed by atoms with Crippen LogP contribution in [0, 0.1) is 5.92 Å². The first-order chi connectivity index (χ1) is 2.39. The van der Waals surface area contributed by atoms with E-state index >= 15 is 0 Å². The summed E-state index contributed by atoms with van der Waals surface area (Å²) in [4.78, 5) is 0. The quantitative estimate of drug-likeness (QED) is 0.406. The molecule has 0 saturated heterocycles. The predicted molar refractivity (Wildman–Crippen MR) is 22.8 cm³/mol. The van der Waals surface area contributed by atoms with Crippen molar-refractivity contribution in [2.75, 3.05) is 0 Å². The van der Waals surface area contributed by atoms with Crippen molar-refractivity contribution in [3.8, 4) is 0 Å². The van der Waals surface area contributed by atoms with E-state index in [1.165, 1.54) is 19.3 Å². The number of hydrogen-bond acceptors (Lipinski definition) is 0. The highest BCUT2D eigenvalue weighted by Gasteiger charge is 2.09. The molecule has 0 heterocycles. The average Bonchev–Trinajstić information content (AvgIpc) is 1.30. The molecule has 0 aromatic heterocycles. The summed E-state index contributed by atoms with van der Waals surface area (Å²) < 4.78 is 0. The molecule has 1 fully saturated rings. The zero-order valence-corrected chi connectivity index (χ0v) is 3.62. The van der Waals surface area contributed by atoms with Gasteiger partial charge in [0.2, 0.25) is 0 Å². The van der Waals surface area contributed by atoms with Crippen molar-refractivity contribution in [2.45, 2.75) is 26.2 Å². The van der Waals surface area contributed by atoms with Crippen LogP contribution in [-0.2, 0) is 0 Å². The molecule has 5 heavy (non-hydrogen) atoms. The summed E-state index contributed by atoms with van der Waals surface area (Å²) in [5.74, 6) is 1.69. The highest BCUT2D eigenvalue weighted by Crippen LogP contribution is 2.26. The second kappa shape index (κ2) is 1.00. The molecule has 0 aromatic rings. The second-order valence-electron chi connectivity index (χ2n) is 1.81. The molecule has 0 atom stereocenters. The van der Waals surface area contributed by atoms with Gasteiger partial charge in [0.05, 0.1) is 0 Å². The van der Waals surface area contributed by atoms with E-state index in [2.05, 4.69) is 6.92 Å². The van der Waals surface area contributed by atoms with Crippen molar-refractivity contribution in [1.82, 2.24) is 0 Å². The molecule has 0 N–H and O–H groups in total. The van der Waals surface area contributed by atoms with Gasteiger partial charge < -0.3 is 0 Å². The Morgan fingerprint density at radius 3 is 1.80 bits per heavy atom. The summed E-state index contributed by atoms with van der Waals surface area (Å²) in [6.07, 6.45) is 4.26. The Hall–Kier alpha value is 0. The molecule has 1 rings (SSSR count). The zero-order valence-electron chi connectivity index (χ0n) is 3.62. The van der Waals surface area contributed by atoms with E-state index in [4.69, 9.17) is 0 Å². The Morgan fingerprint density at radius 1 is 1.40 bits per heavy atom. The lowest BCUT2D eigenvalue weighted by molar-refractivity contribution is 0.557. The van der Waals surface area contributed by atoms with E-state index in [1.54, 1.807) is 5.92 Å². The van der Waals surface area contributed by atoms with Crippen LogP contribution in [0.25, 0.3) is 0 Å². The molecule has 0 bridgehead atoms. The van der Waals surface area contributed by atoms with E-state index in [-0.39, 0.29) is 0 Å². The standard InChI is InChI=1S/C5H9/c1-5-3-2-4-5/h2-4H2,1H3. The monoisotopic (exact) mass is 69.1 g/mol. The third kappa shape index (κ3) is 0.444. The van der Waals surface area contributed by atoms with Gasteiger partial charge in [0.15, 0.2) is 0 Å². The lowest BCUT2D eigenvalue weighted by atomic mass is 9.88. The van der Waals surface area contributed by atoms with Crippen LogP contribution < -0.4 is 0 Å². The molecule has 1 aliphatic rings. The van der Waals surface area contributed by atoms with Crippen molar-refractivity contribution < 1.29 is 0 Å². The van der Waals surface area contributed by atoms with E-state index in [0.29, 0.717) is 0 Å². The van der Waals surface area contributed by atoms with Crippen molar-refractivity contribution in [3.63, 3.8) is 0 Å². The van der Waals surface area contributed by atoms with Crippen molar-refractivity contribution in [3.05, 3.63) is 5.92 Å². The highest BCUT2D eigenvalue weighted by molar-refractivity contribution is 4.92. The Balaban J connectivity index is 2.08. The van der Waals surface area contributed by atoms with Crippen LogP contribution >= 0.6 is 0 Å². The fourth-order valence-electron chi connectivity index (χ4n) is 0.530. The molecule has 1 radical (unpaired) electrons. The first-order valence-corrected chi connectivity index (χ1v) is 2.21. The fourth-order valence-corrected chi connectivity index (χ4v) is 0.530. The van der Waals surface area contributed by atoms with Gasteiger partial charge >= 0.3 is 0 Å². The van der Waals surface area contributed by atoms with Gasteiger partial charge in [-0.2, -0.15) is 0 Å². The van der Waals surface area contributed by atoms with Crippen molar-refractivity contribution in [1.29, 1.82) is 0 Å².